The fourth-order valence-corrected chi connectivity index (χ4v) is 8.46. The van der Waals surface area contributed by atoms with Gasteiger partial charge in [-0.2, -0.15) is 0 Å². The van der Waals surface area contributed by atoms with Crippen molar-refractivity contribution < 1.29 is 4.42 Å². The van der Waals surface area contributed by atoms with Crippen LogP contribution in [0.4, 0.5) is 0 Å². The van der Waals surface area contributed by atoms with E-state index in [9.17, 15) is 0 Å². The zero-order chi connectivity index (χ0) is 35.3. The molecule has 5 heteroatoms. The van der Waals surface area contributed by atoms with Crippen molar-refractivity contribution in [2.24, 2.45) is 0 Å². The van der Waals surface area contributed by atoms with Gasteiger partial charge in [0, 0.05) is 54.9 Å². The Morgan fingerprint density at radius 2 is 1.09 bits per heavy atom. The van der Waals surface area contributed by atoms with E-state index in [2.05, 4.69) is 109 Å². The normalized spacial score (nSPS) is 13.2. The van der Waals surface area contributed by atoms with Crippen LogP contribution < -0.4 is 0 Å². The summed E-state index contributed by atoms with van der Waals surface area (Å²) in [5.41, 5.74) is 12.9. The number of nitrogens with zero attached hydrogens (tertiary/aromatic N) is 4. The maximum atomic E-state index is 6.63. The fraction of sp³-hybridized carbons (Fsp3) is 0.0625. The molecule has 10 aromatic rings. The van der Waals surface area contributed by atoms with Crippen LogP contribution in [0, 0.1) is 0 Å². The maximum Gasteiger partial charge on any atom is 0.164 e. The predicted molar refractivity (Wildman–Crippen MR) is 215 cm³/mol. The zero-order valence-corrected chi connectivity index (χ0v) is 29.2. The van der Waals surface area contributed by atoms with Gasteiger partial charge in [-0.3, -0.25) is 0 Å². The number of hydrogen-bond donors (Lipinski definition) is 0. The molecule has 0 saturated carbocycles. The van der Waals surface area contributed by atoms with Crippen molar-refractivity contribution in [1.29, 1.82) is 0 Å². The molecule has 3 heterocycles. The molecule has 0 unspecified atom stereocenters. The number of furan rings is 1. The first-order chi connectivity index (χ1) is 26.0. The summed E-state index contributed by atoms with van der Waals surface area (Å²) < 4.78 is 9.02. The van der Waals surface area contributed by atoms with Crippen molar-refractivity contribution in [3.63, 3.8) is 0 Å². The molecule has 0 spiro atoms. The highest BCUT2D eigenvalue weighted by Crippen LogP contribution is 2.54. The van der Waals surface area contributed by atoms with Crippen molar-refractivity contribution >= 4 is 43.7 Å². The average Bonchev–Trinajstić information content (AvgIpc) is 3.83. The molecule has 0 fully saturated rings. The first kappa shape index (κ1) is 29.8. The second kappa shape index (κ2) is 11.1. The van der Waals surface area contributed by atoms with Gasteiger partial charge in [-0.25, -0.2) is 15.0 Å². The maximum absolute atomic E-state index is 6.63. The Labute approximate surface area is 305 Å². The summed E-state index contributed by atoms with van der Waals surface area (Å²) in [6.07, 6.45) is 0. The third kappa shape index (κ3) is 4.40. The van der Waals surface area contributed by atoms with Crippen LogP contribution in [0.25, 0.3) is 94.7 Å². The molecule has 250 valence electrons. The molecular weight excluding hydrogens is 649 g/mol. The van der Waals surface area contributed by atoms with Gasteiger partial charge in [0.15, 0.2) is 17.5 Å². The van der Waals surface area contributed by atoms with E-state index in [1.165, 1.54) is 33.0 Å². The van der Waals surface area contributed by atoms with E-state index < -0.39 is 0 Å². The summed E-state index contributed by atoms with van der Waals surface area (Å²) in [5.74, 6) is 1.92. The van der Waals surface area contributed by atoms with Crippen LogP contribution in [0.1, 0.15) is 25.0 Å². The van der Waals surface area contributed by atoms with E-state index in [-0.39, 0.29) is 5.41 Å². The van der Waals surface area contributed by atoms with Crippen LogP contribution in [0.15, 0.2) is 162 Å². The molecule has 0 N–H and O–H groups in total. The molecule has 1 aliphatic carbocycles. The van der Waals surface area contributed by atoms with Crippen molar-refractivity contribution in [1.82, 2.24) is 19.5 Å². The summed E-state index contributed by atoms with van der Waals surface area (Å²) in [5, 5.41) is 4.72. The zero-order valence-electron chi connectivity index (χ0n) is 29.2. The minimum Gasteiger partial charge on any atom is -0.455 e. The van der Waals surface area contributed by atoms with Gasteiger partial charge < -0.3 is 8.98 Å². The molecule has 1 aliphatic rings. The van der Waals surface area contributed by atoms with Gasteiger partial charge in [0.2, 0.25) is 0 Å². The van der Waals surface area contributed by atoms with E-state index >= 15 is 0 Å². The van der Waals surface area contributed by atoms with E-state index in [1.54, 1.807) is 0 Å². The monoisotopic (exact) mass is 680 g/mol. The first-order valence-corrected chi connectivity index (χ1v) is 18.0. The minimum atomic E-state index is -0.221. The third-order valence-electron chi connectivity index (χ3n) is 11.0. The van der Waals surface area contributed by atoms with Crippen molar-refractivity contribution in [3.05, 3.63) is 169 Å². The second-order valence-corrected chi connectivity index (χ2v) is 14.4. The van der Waals surface area contributed by atoms with Crippen LogP contribution in [-0.2, 0) is 5.41 Å². The summed E-state index contributed by atoms with van der Waals surface area (Å²) in [4.78, 5) is 15.0. The highest BCUT2D eigenvalue weighted by atomic mass is 16.3. The molecule has 0 amide bonds. The van der Waals surface area contributed by atoms with Gasteiger partial charge in [0.1, 0.15) is 11.2 Å². The standard InChI is InChI=1S/C48H32N4O/c1-48(2)38-25-24-35-34-21-10-12-23-42(34)53-44(35)43(38)37-27-36-33-20-9-11-22-40(33)52(41(36)28-39(37)48)32-19-13-18-31(26-32)47-50-45(29-14-5-3-6-15-29)49-46(51-47)30-16-7-4-8-17-30/h3-28H,1-2H3. The number of fused-ring (bicyclic) bond motifs is 10. The minimum absolute atomic E-state index is 0.221. The summed E-state index contributed by atoms with van der Waals surface area (Å²) in [6.45, 7) is 4.67. The lowest BCUT2D eigenvalue weighted by Crippen LogP contribution is -2.15. The Kier molecular flexibility index (Phi) is 6.23. The lowest BCUT2D eigenvalue weighted by Gasteiger charge is -2.21. The largest absolute Gasteiger partial charge is 0.455 e. The molecule has 0 aliphatic heterocycles. The van der Waals surface area contributed by atoms with Crippen LogP contribution in [0.3, 0.4) is 0 Å². The Hall–Kier alpha value is -6.85. The average molecular weight is 681 g/mol. The van der Waals surface area contributed by atoms with E-state index in [0.717, 1.165) is 55.3 Å². The number of rotatable bonds is 4. The predicted octanol–water partition coefficient (Wildman–Crippen LogP) is 12.2. The molecule has 0 bridgehead atoms. The summed E-state index contributed by atoms with van der Waals surface area (Å²) in [7, 11) is 0. The molecular formula is C48H32N4O. The van der Waals surface area contributed by atoms with Gasteiger partial charge in [0.05, 0.1) is 11.0 Å². The van der Waals surface area contributed by atoms with Crippen LogP contribution in [0.2, 0.25) is 0 Å². The molecule has 0 atom stereocenters. The first-order valence-electron chi connectivity index (χ1n) is 18.0. The highest BCUT2D eigenvalue weighted by Gasteiger charge is 2.38. The smallest absolute Gasteiger partial charge is 0.164 e. The van der Waals surface area contributed by atoms with Crippen molar-refractivity contribution in [2.45, 2.75) is 19.3 Å². The second-order valence-electron chi connectivity index (χ2n) is 14.4. The van der Waals surface area contributed by atoms with Gasteiger partial charge >= 0.3 is 0 Å². The summed E-state index contributed by atoms with van der Waals surface area (Å²) >= 11 is 0. The van der Waals surface area contributed by atoms with Crippen LogP contribution in [-0.4, -0.2) is 19.5 Å². The Morgan fingerprint density at radius 3 is 1.83 bits per heavy atom. The topological polar surface area (TPSA) is 56.7 Å². The fourth-order valence-electron chi connectivity index (χ4n) is 8.46. The Bertz CT molecular complexity index is 3020. The van der Waals surface area contributed by atoms with Gasteiger partial charge in [0.25, 0.3) is 0 Å². The quantitative estimate of drug-likeness (QED) is 0.186. The number of para-hydroxylation sites is 2. The molecule has 0 saturated heterocycles. The highest BCUT2D eigenvalue weighted by molar-refractivity contribution is 6.15. The Morgan fingerprint density at radius 1 is 0.472 bits per heavy atom. The van der Waals surface area contributed by atoms with Crippen molar-refractivity contribution in [2.75, 3.05) is 0 Å². The number of benzene rings is 7. The van der Waals surface area contributed by atoms with E-state index in [0.29, 0.717) is 17.5 Å². The van der Waals surface area contributed by atoms with Crippen LogP contribution >= 0.6 is 0 Å². The molecule has 7 aromatic carbocycles. The lowest BCUT2D eigenvalue weighted by molar-refractivity contribution is 0.653. The summed E-state index contributed by atoms with van der Waals surface area (Å²) in [6, 6.07) is 55.2. The lowest BCUT2D eigenvalue weighted by atomic mass is 9.82. The SMILES string of the molecule is CC1(C)c2cc3c(cc2-c2c1ccc1c2oc2ccccc21)c1ccccc1n3-c1cccc(-c2nc(-c3ccccc3)nc(-c3ccccc3)n2)c1. The molecule has 11 rings (SSSR count). The van der Waals surface area contributed by atoms with Gasteiger partial charge in [-0.05, 0) is 53.1 Å². The molecule has 53 heavy (non-hydrogen) atoms. The molecule has 5 nitrogen and oxygen atoms in total. The third-order valence-corrected chi connectivity index (χ3v) is 11.0. The van der Waals surface area contributed by atoms with E-state index in [4.69, 9.17) is 19.4 Å². The van der Waals surface area contributed by atoms with Gasteiger partial charge in [-0.15, -0.1) is 0 Å². The molecule has 0 radical (unpaired) electrons. The van der Waals surface area contributed by atoms with Crippen molar-refractivity contribution in [3.8, 4) is 51.0 Å². The van der Waals surface area contributed by atoms with E-state index in [1.807, 2.05) is 66.7 Å². The number of hydrogen-bond acceptors (Lipinski definition) is 4. The van der Waals surface area contributed by atoms with Gasteiger partial charge in [-0.1, -0.05) is 135 Å². The molecule has 3 aromatic heterocycles. The van der Waals surface area contributed by atoms with Crippen LogP contribution in [0.5, 0.6) is 0 Å². The Balaban J connectivity index is 1.13. The number of aromatic nitrogens is 4.